The van der Waals surface area contributed by atoms with Crippen LogP contribution in [0.5, 0.6) is 5.75 Å². The summed E-state index contributed by atoms with van der Waals surface area (Å²) < 4.78 is 69.5. The summed E-state index contributed by atoms with van der Waals surface area (Å²) in [6.07, 6.45) is -2.36. The van der Waals surface area contributed by atoms with Gasteiger partial charge in [0.2, 0.25) is 20.3 Å². The Bertz CT molecular complexity index is 1190. The van der Waals surface area contributed by atoms with E-state index >= 15 is 0 Å². The van der Waals surface area contributed by atoms with Gasteiger partial charge in [-0.05, 0) is 18.2 Å². The first-order valence-corrected chi connectivity index (χ1v) is 10.6. The lowest BCUT2D eigenvalue weighted by Gasteiger charge is -2.08. The van der Waals surface area contributed by atoms with E-state index in [0.717, 1.165) is 34.4 Å². The lowest BCUT2D eigenvalue weighted by atomic mass is 10.2. The highest BCUT2D eigenvalue weighted by atomic mass is 32.2. The Balaban J connectivity index is 1.85. The van der Waals surface area contributed by atoms with E-state index in [0.29, 0.717) is 0 Å². The second-order valence-electron chi connectivity index (χ2n) is 5.78. The van der Waals surface area contributed by atoms with E-state index in [1.807, 2.05) is 0 Å². The normalized spacial score (nSPS) is 11.9. The molecule has 0 radical (unpaired) electrons. The SMILES string of the molecule is COc1cn(-c2cccc(C(F)(F)F)c2)nc1C(=O)Nc1nnc(NS(C)(=O)=O)s1. The van der Waals surface area contributed by atoms with Crippen molar-refractivity contribution in [3.8, 4) is 11.4 Å². The van der Waals surface area contributed by atoms with Crippen molar-refractivity contribution in [3.63, 3.8) is 0 Å². The van der Waals surface area contributed by atoms with Gasteiger partial charge in [-0.25, -0.2) is 13.1 Å². The highest BCUT2D eigenvalue weighted by molar-refractivity contribution is 7.92. The number of nitrogens with zero attached hydrogens (tertiary/aromatic N) is 4. The molecule has 0 atom stereocenters. The number of nitrogens with one attached hydrogen (secondary N) is 2. The predicted molar refractivity (Wildman–Crippen MR) is 101 cm³/mol. The second kappa shape index (κ2) is 7.91. The zero-order valence-corrected chi connectivity index (χ0v) is 16.9. The largest absolute Gasteiger partial charge is 0.493 e. The summed E-state index contributed by atoms with van der Waals surface area (Å²) in [6, 6.07) is 4.39. The number of anilines is 2. The summed E-state index contributed by atoms with van der Waals surface area (Å²) in [6.45, 7) is 0. The number of hydrogen-bond donors (Lipinski definition) is 2. The van der Waals surface area contributed by atoms with Gasteiger partial charge in [0.1, 0.15) is 0 Å². The minimum atomic E-state index is -4.54. The van der Waals surface area contributed by atoms with Gasteiger partial charge in [0.15, 0.2) is 11.4 Å². The first kappa shape index (κ1) is 21.5. The molecule has 0 aliphatic rings. The number of sulfonamides is 1. The number of ether oxygens (including phenoxy) is 1. The van der Waals surface area contributed by atoms with Crippen molar-refractivity contribution in [3.05, 3.63) is 41.7 Å². The van der Waals surface area contributed by atoms with E-state index < -0.39 is 27.7 Å². The van der Waals surface area contributed by atoms with Crippen LogP contribution in [-0.2, 0) is 16.2 Å². The van der Waals surface area contributed by atoms with Crippen LogP contribution in [-0.4, -0.2) is 47.7 Å². The van der Waals surface area contributed by atoms with Gasteiger partial charge in [-0.3, -0.25) is 14.8 Å². The second-order valence-corrected chi connectivity index (χ2v) is 8.51. The number of carbonyl (C=O) groups is 1. The van der Waals surface area contributed by atoms with Crippen LogP contribution in [0.25, 0.3) is 5.69 Å². The molecule has 10 nitrogen and oxygen atoms in total. The number of halogens is 3. The first-order valence-electron chi connectivity index (χ1n) is 7.90. The molecule has 0 aliphatic carbocycles. The summed E-state index contributed by atoms with van der Waals surface area (Å²) in [4.78, 5) is 12.5. The number of aromatic nitrogens is 4. The molecule has 15 heteroatoms. The van der Waals surface area contributed by atoms with Crippen LogP contribution in [0.1, 0.15) is 16.1 Å². The molecule has 1 aromatic carbocycles. The van der Waals surface area contributed by atoms with Crippen molar-refractivity contribution >= 4 is 37.5 Å². The molecule has 0 aliphatic heterocycles. The first-order chi connectivity index (χ1) is 14.0. The molecule has 0 spiro atoms. The van der Waals surface area contributed by atoms with E-state index in [-0.39, 0.29) is 27.4 Å². The molecule has 3 rings (SSSR count). The van der Waals surface area contributed by atoms with Gasteiger partial charge in [-0.15, -0.1) is 10.2 Å². The van der Waals surface area contributed by atoms with E-state index in [2.05, 4.69) is 25.3 Å². The summed E-state index contributed by atoms with van der Waals surface area (Å²) in [5.74, 6) is -0.774. The van der Waals surface area contributed by atoms with Crippen LogP contribution in [0.15, 0.2) is 30.5 Å². The molecule has 0 fully saturated rings. The third-order valence-electron chi connectivity index (χ3n) is 3.47. The maximum atomic E-state index is 12.9. The van der Waals surface area contributed by atoms with Gasteiger partial charge in [0, 0.05) is 0 Å². The van der Waals surface area contributed by atoms with Gasteiger partial charge in [-0.2, -0.15) is 18.3 Å². The molecule has 2 N–H and O–H groups in total. The fourth-order valence-corrected chi connectivity index (χ4v) is 3.72. The predicted octanol–water partition coefficient (Wildman–Crippen LogP) is 2.38. The molecule has 160 valence electrons. The molecule has 3 aromatic rings. The van der Waals surface area contributed by atoms with Crippen molar-refractivity contribution in [2.75, 3.05) is 23.4 Å². The van der Waals surface area contributed by atoms with Crippen molar-refractivity contribution in [2.45, 2.75) is 6.18 Å². The Morgan fingerprint density at radius 2 is 1.93 bits per heavy atom. The van der Waals surface area contributed by atoms with Crippen LogP contribution in [0.2, 0.25) is 0 Å². The maximum Gasteiger partial charge on any atom is 0.416 e. The average Bonchev–Trinajstić information content (AvgIpc) is 3.26. The van der Waals surface area contributed by atoms with Crippen molar-refractivity contribution in [1.82, 2.24) is 20.0 Å². The van der Waals surface area contributed by atoms with Gasteiger partial charge in [0.25, 0.3) is 5.91 Å². The van der Waals surface area contributed by atoms with Crippen LogP contribution in [0.3, 0.4) is 0 Å². The zero-order chi connectivity index (χ0) is 22.1. The molecule has 0 saturated heterocycles. The van der Waals surface area contributed by atoms with Crippen LogP contribution in [0.4, 0.5) is 23.4 Å². The highest BCUT2D eigenvalue weighted by Gasteiger charge is 2.31. The number of amides is 1. The van der Waals surface area contributed by atoms with Crippen molar-refractivity contribution in [1.29, 1.82) is 0 Å². The van der Waals surface area contributed by atoms with E-state index in [4.69, 9.17) is 4.74 Å². The lowest BCUT2D eigenvalue weighted by Crippen LogP contribution is -2.14. The average molecular weight is 462 g/mol. The summed E-state index contributed by atoms with van der Waals surface area (Å²) >= 11 is 0.759. The third kappa shape index (κ3) is 5.04. The molecular formula is C15H13F3N6O4S2. The monoisotopic (exact) mass is 462 g/mol. The molecule has 1 amide bonds. The summed E-state index contributed by atoms with van der Waals surface area (Å²) in [7, 11) is -2.30. The van der Waals surface area contributed by atoms with Gasteiger partial charge < -0.3 is 4.74 Å². The molecule has 2 heterocycles. The third-order valence-corrected chi connectivity index (χ3v) is 4.92. The van der Waals surface area contributed by atoms with Crippen LogP contribution in [0, 0.1) is 0 Å². The van der Waals surface area contributed by atoms with Gasteiger partial charge in [-0.1, -0.05) is 17.4 Å². The fraction of sp³-hybridized carbons (Fsp3) is 0.200. The molecule has 0 saturated carbocycles. The molecule has 30 heavy (non-hydrogen) atoms. The Morgan fingerprint density at radius 3 is 2.57 bits per heavy atom. The highest BCUT2D eigenvalue weighted by Crippen LogP contribution is 2.31. The Hall–Kier alpha value is -3.20. The van der Waals surface area contributed by atoms with Gasteiger partial charge >= 0.3 is 6.18 Å². The van der Waals surface area contributed by atoms with Crippen LogP contribution < -0.4 is 14.8 Å². The number of hydrogen-bond acceptors (Lipinski definition) is 8. The number of methoxy groups -OCH3 is 1. The molecule has 0 unspecified atom stereocenters. The van der Waals surface area contributed by atoms with Crippen LogP contribution >= 0.6 is 11.3 Å². The smallest absolute Gasteiger partial charge is 0.416 e. The van der Waals surface area contributed by atoms with E-state index in [1.165, 1.54) is 25.4 Å². The van der Waals surface area contributed by atoms with E-state index in [1.54, 1.807) is 0 Å². The topological polar surface area (TPSA) is 128 Å². The quantitative estimate of drug-likeness (QED) is 0.576. The summed E-state index contributed by atoms with van der Waals surface area (Å²) in [5, 5.41) is 13.5. The lowest BCUT2D eigenvalue weighted by molar-refractivity contribution is -0.137. The Kier molecular flexibility index (Phi) is 5.67. The maximum absolute atomic E-state index is 12.9. The van der Waals surface area contributed by atoms with E-state index in [9.17, 15) is 26.4 Å². The summed E-state index contributed by atoms with van der Waals surface area (Å²) in [5.41, 5.74) is -1.03. The number of alkyl halides is 3. The number of carbonyl (C=O) groups excluding carboxylic acids is 1. The molecule has 2 aromatic heterocycles. The van der Waals surface area contributed by atoms with Crippen molar-refractivity contribution in [2.24, 2.45) is 0 Å². The zero-order valence-electron chi connectivity index (χ0n) is 15.3. The van der Waals surface area contributed by atoms with Crippen molar-refractivity contribution < 1.29 is 31.1 Å². The standard InChI is InChI=1S/C15H13F3N6O4S2/c1-28-10-7-24(9-5-3-4-8(6-9)15(16,17)18)22-11(10)12(25)19-13-20-21-14(29-13)23-30(2,26)27/h3-7H,1-2H3,(H,21,23)(H,19,20,25). The number of rotatable bonds is 6. The Labute approximate surface area is 171 Å². The fourth-order valence-electron chi connectivity index (χ4n) is 2.25. The molecular weight excluding hydrogens is 449 g/mol. The minimum absolute atomic E-state index is 0.00362. The minimum Gasteiger partial charge on any atom is -0.493 e. The number of benzene rings is 1. The van der Waals surface area contributed by atoms with Gasteiger partial charge in [0.05, 0.1) is 30.8 Å². The Morgan fingerprint density at radius 1 is 1.23 bits per heavy atom. The molecule has 0 bridgehead atoms.